The first-order chi connectivity index (χ1) is 6.91. The van der Waals surface area contributed by atoms with Gasteiger partial charge in [-0.25, -0.2) is 0 Å². The highest BCUT2D eigenvalue weighted by Crippen LogP contribution is 2.26. The normalized spacial score (nSPS) is 15.5. The van der Waals surface area contributed by atoms with Crippen LogP contribution < -0.4 is 0 Å². The number of allylic oxidation sites excluding steroid dienone is 2. The molecule has 0 aliphatic rings. The molecule has 0 saturated carbocycles. The van der Waals surface area contributed by atoms with Crippen molar-refractivity contribution in [2.24, 2.45) is 0 Å². The SMILES string of the molecule is CCC/C=C(\CCC)CC(I)[Si](C)(C)C. The maximum atomic E-state index is 2.68. The van der Waals surface area contributed by atoms with Crippen LogP contribution in [-0.2, 0) is 0 Å². The van der Waals surface area contributed by atoms with E-state index in [0.717, 1.165) is 3.55 Å². The summed E-state index contributed by atoms with van der Waals surface area (Å²) < 4.78 is 0.893. The van der Waals surface area contributed by atoms with Gasteiger partial charge in [-0.1, -0.05) is 80.6 Å². The zero-order chi connectivity index (χ0) is 11.9. The molecular formula is C13H27ISi. The van der Waals surface area contributed by atoms with Gasteiger partial charge in [-0.05, 0) is 19.3 Å². The molecule has 0 aliphatic carbocycles. The fraction of sp³-hybridized carbons (Fsp3) is 0.846. The van der Waals surface area contributed by atoms with Gasteiger partial charge in [0.15, 0.2) is 0 Å². The Labute approximate surface area is 111 Å². The number of hydrogen-bond donors (Lipinski definition) is 0. The Morgan fingerprint density at radius 3 is 2.20 bits per heavy atom. The molecule has 0 aromatic rings. The van der Waals surface area contributed by atoms with Crippen LogP contribution in [0.2, 0.25) is 19.6 Å². The minimum atomic E-state index is -0.946. The van der Waals surface area contributed by atoms with Crippen LogP contribution in [0.1, 0.15) is 46.0 Å². The molecule has 2 heteroatoms. The first kappa shape index (κ1) is 15.7. The Morgan fingerprint density at radius 2 is 1.80 bits per heavy atom. The second-order valence-electron chi connectivity index (χ2n) is 5.44. The van der Waals surface area contributed by atoms with Crippen molar-refractivity contribution in [3.05, 3.63) is 11.6 Å². The van der Waals surface area contributed by atoms with Crippen molar-refractivity contribution in [1.29, 1.82) is 0 Å². The molecule has 0 spiro atoms. The van der Waals surface area contributed by atoms with Gasteiger partial charge in [-0.2, -0.15) is 0 Å². The van der Waals surface area contributed by atoms with Crippen LogP contribution in [0.3, 0.4) is 0 Å². The van der Waals surface area contributed by atoms with Crippen molar-refractivity contribution in [3.8, 4) is 0 Å². The largest absolute Gasteiger partial charge is 0.0857 e. The fourth-order valence-electron chi connectivity index (χ4n) is 1.49. The minimum Gasteiger partial charge on any atom is -0.0857 e. The first-order valence-corrected chi connectivity index (χ1v) is 11.1. The third-order valence-electron chi connectivity index (χ3n) is 2.67. The summed E-state index contributed by atoms with van der Waals surface area (Å²) in [5.41, 5.74) is 1.71. The minimum absolute atomic E-state index is 0.893. The van der Waals surface area contributed by atoms with Crippen molar-refractivity contribution < 1.29 is 0 Å². The predicted octanol–water partition coefficient (Wildman–Crippen LogP) is 5.58. The molecule has 90 valence electrons. The Bertz CT molecular complexity index is 191. The Kier molecular flexibility index (Phi) is 8.24. The van der Waals surface area contributed by atoms with Crippen molar-refractivity contribution >= 4 is 30.7 Å². The smallest absolute Gasteiger partial charge is 0.0589 e. The van der Waals surface area contributed by atoms with Gasteiger partial charge in [-0.3, -0.25) is 0 Å². The van der Waals surface area contributed by atoms with Crippen molar-refractivity contribution in [2.45, 2.75) is 69.1 Å². The summed E-state index contributed by atoms with van der Waals surface area (Å²) in [5.74, 6) is 0. The maximum absolute atomic E-state index is 2.68. The van der Waals surface area contributed by atoms with E-state index in [9.17, 15) is 0 Å². The average molecular weight is 338 g/mol. The molecule has 1 atom stereocenters. The Morgan fingerprint density at radius 1 is 1.20 bits per heavy atom. The number of hydrogen-bond acceptors (Lipinski definition) is 0. The molecule has 0 amide bonds. The van der Waals surface area contributed by atoms with Crippen LogP contribution in [0.4, 0.5) is 0 Å². The highest BCUT2D eigenvalue weighted by molar-refractivity contribution is 14.1. The van der Waals surface area contributed by atoms with Crippen molar-refractivity contribution in [1.82, 2.24) is 0 Å². The van der Waals surface area contributed by atoms with E-state index in [-0.39, 0.29) is 0 Å². The first-order valence-electron chi connectivity index (χ1n) is 6.23. The maximum Gasteiger partial charge on any atom is 0.0589 e. The number of alkyl halides is 1. The van der Waals surface area contributed by atoms with E-state index in [1.807, 2.05) is 0 Å². The molecule has 1 unspecified atom stereocenters. The van der Waals surface area contributed by atoms with E-state index < -0.39 is 8.07 Å². The van der Waals surface area contributed by atoms with Crippen molar-refractivity contribution in [3.63, 3.8) is 0 Å². The van der Waals surface area contributed by atoms with Gasteiger partial charge in [-0.15, -0.1) is 0 Å². The van der Waals surface area contributed by atoms with E-state index in [1.54, 1.807) is 5.57 Å². The van der Waals surface area contributed by atoms with Gasteiger partial charge < -0.3 is 0 Å². The summed E-state index contributed by atoms with van der Waals surface area (Å²) in [4.78, 5) is 0. The summed E-state index contributed by atoms with van der Waals surface area (Å²) in [7, 11) is -0.946. The lowest BCUT2D eigenvalue weighted by Gasteiger charge is -2.24. The molecule has 0 N–H and O–H groups in total. The molecule has 0 rings (SSSR count). The standard InChI is InChI=1S/C13H27ISi/c1-6-8-10-12(9-7-2)11-13(14)15(3,4)5/h10,13H,6-9,11H2,1-5H3/b12-10+. The van der Waals surface area contributed by atoms with Crippen LogP contribution in [0, 0.1) is 0 Å². The van der Waals surface area contributed by atoms with Crippen LogP contribution in [-0.4, -0.2) is 11.6 Å². The quantitative estimate of drug-likeness (QED) is 0.246. The van der Waals surface area contributed by atoms with Crippen LogP contribution in [0.5, 0.6) is 0 Å². The molecule has 0 saturated heterocycles. The Hall–Kier alpha value is 0.687. The monoisotopic (exact) mass is 338 g/mol. The lowest BCUT2D eigenvalue weighted by Crippen LogP contribution is -2.33. The second-order valence-corrected chi connectivity index (χ2v) is 13.5. The van der Waals surface area contributed by atoms with Gasteiger partial charge in [0.25, 0.3) is 0 Å². The van der Waals surface area contributed by atoms with E-state index >= 15 is 0 Å². The van der Waals surface area contributed by atoms with Crippen LogP contribution in [0.25, 0.3) is 0 Å². The van der Waals surface area contributed by atoms with Crippen LogP contribution >= 0.6 is 22.6 Å². The number of rotatable bonds is 7. The van der Waals surface area contributed by atoms with Gasteiger partial charge in [0.05, 0.1) is 8.07 Å². The molecule has 0 aliphatic heterocycles. The van der Waals surface area contributed by atoms with E-state index in [4.69, 9.17) is 0 Å². The highest BCUT2D eigenvalue weighted by Gasteiger charge is 2.24. The summed E-state index contributed by atoms with van der Waals surface area (Å²) in [6, 6.07) is 0. The lowest BCUT2D eigenvalue weighted by atomic mass is 10.1. The summed E-state index contributed by atoms with van der Waals surface area (Å²) in [6.07, 6.45) is 8.99. The van der Waals surface area contributed by atoms with Gasteiger partial charge in [0.1, 0.15) is 0 Å². The number of halogens is 1. The van der Waals surface area contributed by atoms with Gasteiger partial charge >= 0.3 is 0 Å². The average Bonchev–Trinajstić information content (AvgIpc) is 2.13. The molecule has 0 aromatic heterocycles. The molecule has 0 nitrogen and oxygen atoms in total. The summed E-state index contributed by atoms with van der Waals surface area (Å²) in [5, 5.41) is 0. The van der Waals surface area contributed by atoms with Gasteiger partial charge in [0, 0.05) is 3.55 Å². The highest BCUT2D eigenvalue weighted by atomic mass is 127. The number of unbranched alkanes of at least 4 members (excludes halogenated alkanes) is 1. The topological polar surface area (TPSA) is 0 Å². The summed E-state index contributed by atoms with van der Waals surface area (Å²) in [6.45, 7) is 12.0. The van der Waals surface area contributed by atoms with E-state index in [1.165, 1.54) is 32.1 Å². The fourth-order valence-corrected chi connectivity index (χ4v) is 2.93. The zero-order valence-electron chi connectivity index (χ0n) is 11.1. The molecule has 0 fully saturated rings. The molecule has 0 bridgehead atoms. The second kappa shape index (κ2) is 7.88. The predicted molar refractivity (Wildman–Crippen MR) is 83.7 cm³/mol. The molecular weight excluding hydrogens is 311 g/mol. The third-order valence-corrected chi connectivity index (χ3v) is 10.8. The van der Waals surface area contributed by atoms with Crippen molar-refractivity contribution in [2.75, 3.05) is 0 Å². The van der Waals surface area contributed by atoms with E-state index in [2.05, 4.69) is 62.2 Å². The zero-order valence-corrected chi connectivity index (χ0v) is 14.2. The Balaban J connectivity index is 4.28. The van der Waals surface area contributed by atoms with Gasteiger partial charge in [0.2, 0.25) is 0 Å². The summed E-state index contributed by atoms with van der Waals surface area (Å²) >= 11 is 2.68. The molecule has 0 aromatic carbocycles. The lowest BCUT2D eigenvalue weighted by molar-refractivity contribution is 0.828. The van der Waals surface area contributed by atoms with Crippen LogP contribution in [0.15, 0.2) is 11.6 Å². The van der Waals surface area contributed by atoms with E-state index in [0.29, 0.717) is 0 Å². The molecule has 0 radical (unpaired) electrons. The molecule has 15 heavy (non-hydrogen) atoms. The molecule has 0 heterocycles. The third kappa shape index (κ3) is 7.56.